The van der Waals surface area contributed by atoms with Gasteiger partial charge in [0.15, 0.2) is 6.29 Å². The molecule has 104 valence electrons. The van der Waals surface area contributed by atoms with Crippen molar-refractivity contribution in [1.82, 2.24) is 14.7 Å². The van der Waals surface area contributed by atoms with Gasteiger partial charge in [-0.2, -0.15) is 5.10 Å². The first-order valence-corrected chi connectivity index (χ1v) is 6.90. The smallest absolute Gasteiger partial charge is 0.244 e. The molecule has 19 heavy (non-hydrogen) atoms. The molecule has 1 amide bonds. The normalized spacial score (nSPS) is 16.2. The highest BCUT2D eigenvalue weighted by Gasteiger charge is 2.18. The third-order valence-electron chi connectivity index (χ3n) is 3.80. The topological polar surface area (TPSA) is 55.2 Å². The fourth-order valence-electron chi connectivity index (χ4n) is 2.58. The molecule has 0 bridgehead atoms. The van der Waals surface area contributed by atoms with Crippen LogP contribution < -0.4 is 0 Å². The minimum Gasteiger partial charge on any atom is -0.341 e. The molecule has 0 N–H and O–H groups in total. The highest BCUT2D eigenvalue weighted by atomic mass is 16.2. The molecule has 2 rings (SSSR count). The average molecular weight is 263 g/mol. The van der Waals surface area contributed by atoms with Crippen molar-refractivity contribution in [3.63, 3.8) is 0 Å². The number of carbonyl (C=O) groups excluding carboxylic acids is 2. The maximum absolute atomic E-state index is 12.3. The van der Waals surface area contributed by atoms with Crippen LogP contribution >= 0.6 is 0 Å². The van der Waals surface area contributed by atoms with Crippen molar-refractivity contribution in [3.8, 4) is 0 Å². The van der Waals surface area contributed by atoms with Gasteiger partial charge in [-0.25, -0.2) is 0 Å². The lowest BCUT2D eigenvalue weighted by Gasteiger charge is -2.20. The summed E-state index contributed by atoms with van der Waals surface area (Å²) in [5.74, 6) is 0.102. The van der Waals surface area contributed by atoms with E-state index in [1.165, 1.54) is 12.8 Å². The van der Waals surface area contributed by atoms with Crippen molar-refractivity contribution in [3.05, 3.63) is 17.0 Å². The second-order valence-corrected chi connectivity index (χ2v) is 5.15. The highest BCUT2D eigenvalue weighted by Crippen LogP contribution is 2.13. The fraction of sp³-hybridized carbons (Fsp3) is 0.643. The molecule has 2 heterocycles. The maximum atomic E-state index is 12.3. The third-order valence-corrected chi connectivity index (χ3v) is 3.80. The summed E-state index contributed by atoms with van der Waals surface area (Å²) < 4.78 is 1.65. The largest absolute Gasteiger partial charge is 0.341 e. The Morgan fingerprint density at radius 3 is 2.37 bits per heavy atom. The van der Waals surface area contributed by atoms with Gasteiger partial charge in [-0.15, -0.1) is 0 Å². The standard InChI is InChI=1S/C14H21N3O2/c1-11-13(10-18)12(2)17(15-11)9-14(19)16-7-5-3-4-6-8-16/h10H,3-9H2,1-2H3. The quantitative estimate of drug-likeness (QED) is 0.780. The zero-order chi connectivity index (χ0) is 13.8. The first-order valence-electron chi connectivity index (χ1n) is 6.90. The summed E-state index contributed by atoms with van der Waals surface area (Å²) in [5, 5.41) is 4.28. The molecule has 0 aliphatic carbocycles. The molecule has 1 fully saturated rings. The molecule has 0 aromatic carbocycles. The number of nitrogens with zero attached hydrogens (tertiary/aromatic N) is 3. The number of carbonyl (C=O) groups is 2. The summed E-state index contributed by atoms with van der Waals surface area (Å²) in [6.45, 7) is 5.56. The summed E-state index contributed by atoms with van der Waals surface area (Å²) in [7, 11) is 0. The predicted octanol–water partition coefficient (Wildman–Crippen LogP) is 1.72. The Morgan fingerprint density at radius 1 is 1.21 bits per heavy atom. The molecule has 0 radical (unpaired) electrons. The maximum Gasteiger partial charge on any atom is 0.244 e. The van der Waals surface area contributed by atoms with Gasteiger partial charge in [-0.05, 0) is 26.7 Å². The number of aryl methyl sites for hydroxylation is 1. The number of amides is 1. The number of aromatic nitrogens is 2. The zero-order valence-corrected chi connectivity index (χ0v) is 11.7. The predicted molar refractivity (Wildman–Crippen MR) is 72.1 cm³/mol. The van der Waals surface area contributed by atoms with Crippen molar-refractivity contribution in [1.29, 1.82) is 0 Å². The van der Waals surface area contributed by atoms with E-state index in [-0.39, 0.29) is 12.5 Å². The van der Waals surface area contributed by atoms with Gasteiger partial charge < -0.3 is 4.90 Å². The van der Waals surface area contributed by atoms with E-state index in [2.05, 4.69) is 5.10 Å². The number of hydrogen-bond acceptors (Lipinski definition) is 3. The Morgan fingerprint density at radius 2 is 1.84 bits per heavy atom. The van der Waals surface area contributed by atoms with Crippen LogP contribution in [0.2, 0.25) is 0 Å². The lowest BCUT2D eigenvalue weighted by Crippen LogP contribution is -2.35. The summed E-state index contributed by atoms with van der Waals surface area (Å²) >= 11 is 0. The van der Waals surface area contributed by atoms with Crippen LogP contribution in [0.1, 0.15) is 47.4 Å². The van der Waals surface area contributed by atoms with Crippen molar-refractivity contribution < 1.29 is 9.59 Å². The van der Waals surface area contributed by atoms with Crippen LogP contribution in [-0.2, 0) is 11.3 Å². The SMILES string of the molecule is Cc1nn(CC(=O)N2CCCCCC2)c(C)c1C=O. The lowest BCUT2D eigenvalue weighted by atomic mass is 10.2. The van der Waals surface area contributed by atoms with E-state index in [1.807, 2.05) is 11.8 Å². The van der Waals surface area contributed by atoms with Crippen LogP contribution in [0.3, 0.4) is 0 Å². The Kier molecular flexibility index (Phi) is 4.35. The number of aldehydes is 1. The molecule has 1 aromatic heterocycles. The van der Waals surface area contributed by atoms with Gasteiger partial charge in [-0.1, -0.05) is 12.8 Å². The van der Waals surface area contributed by atoms with Crippen LogP contribution in [0.4, 0.5) is 0 Å². The second kappa shape index (κ2) is 5.99. The van der Waals surface area contributed by atoms with Gasteiger partial charge >= 0.3 is 0 Å². The minimum absolute atomic E-state index is 0.102. The van der Waals surface area contributed by atoms with Crippen molar-refractivity contribution in [2.24, 2.45) is 0 Å². The van der Waals surface area contributed by atoms with E-state index in [4.69, 9.17) is 0 Å². The molecule has 0 atom stereocenters. The van der Waals surface area contributed by atoms with E-state index in [0.717, 1.165) is 37.9 Å². The van der Waals surface area contributed by atoms with E-state index in [0.29, 0.717) is 11.3 Å². The first-order chi connectivity index (χ1) is 9.13. The molecular weight excluding hydrogens is 242 g/mol. The molecule has 5 nitrogen and oxygen atoms in total. The van der Waals surface area contributed by atoms with Crippen molar-refractivity contribution in [2.45, 2.75) is 46.1 Å². The minimum atomic E-state index is 0.102. The monoisotopic (exact) mass is 263 g/mol. The molecule has 5 heteroatoms. The average Bonchev–Trinajstić information content (AvgIpc) is 2.62. The zero-order valence-electron chi connectivity index (χ0n) is 11.7. The Bertz CT molecular complexity index is 471. The summed E-state index contributed by atoms with van der Waals surface area (Å²) in [4.78, 5) is 25.1. The van der Waals surface area contributed by atoms with Gasteiger partial charge in [0.2, 0.25) is 5.91 Å². The second-order valence-electron chi connectivity index (χ2n) is 5.15. The van der Waals surface area contributed by atoms with Gasteiger partial charge in [0.05, 0.1) is 11.3 Å². The molecule has 1 aliphatic rings. The van der Waals surface area contributed by atoms with Crippen LogP contribution in [0.25, 0.3) is 0 Å². The highest BCUT2D eigenvalue weighted by molar-refractivity contribution is 5.79. The Labute approximate surface area is 113 Å². The lowest BCUT2D eigenvalue weighted by molar-refractivity contribution is -0.132. The number of likely N-dealkylation sites (tertiary alicyclic amines) is 1. The van der Waals surface area contributed by atoms with Gasteiger partial charge in [0.1, 0.15) is 6.54 Å². The van der Waals surface area contributed by atoms with E-state index in [1.54, 1.807) is 11.6 Å². The summed E-state index contributed by atoms with van der Waals surface area (Å²) in [6.07, 6.45) is 5.40. The van der Waals surface area contributed by atoms with E-state index < -0.39 is 0 Å². The number of hydrogen-bond donors (Lipinski definition) is 0. The molecule has 0 spiro atoms. The van der Waals surface area contributed by atoms with Crippen LogP contribution in [-0.4, -0.2) is 40.0 Å². The third kappa shape index (κ3) is 3.03. The Hall–Kier alpha value is -1.65. The van der Waals surface area contributed by atoms with E-state index in [9.17, 15) is 9.59 Å². The molecule has 0 saturated carbocycles. The molecule has 1 saturated heterocycles. The van der Waals surface area contributed by atoms with Crippen LogP contribution in [0, 0.1) is 13.8 Å². The summed E-state index contributed by atoms with van der Waals surface area (Å²) in [6, 6.07) is 0. The molecule has 1 aliphatic heterocycles. The number of rotatable bonds is 3. The van der Waals surface area contributed by atoms with Gasteiger partial charge in [0, 0.05) is 18.8 Å². The van der Waals surface area contributed by atoms with Gasteiger partial charge in [0.25, 0.3) is 0 Å². The molecule has 1 aromatic rings. The van der Waals surface area contributed by atoms with Crippen LogP contribution in [0.5, 0.6) is 0 Å². The molecule has 0 unspecified atom stereocenters. The Balaban J connectivity index is 2.07. The van der Waals surface area contributed by atoms with Crippen molar-refractivity contribution in [2.75, 3.05) is 13.1 Å². The summed E-state index contributed by atoms with van der Waals surface area (Å²) in [5.41, 5.74) is 2.07. The molecular formula is C14H21N3O2. The van der Waals surface area contributed by atoms with Crippen molar-refractivity contribution >= 4 is 12.2 Å². The van der Waals surface area contributed by atoms with E-state index >= 15 is 0 Å². The first kappa shape index (κ1) is 13.8. The fourth-order valence-corrected chi connectivity index (χ4v) is 2.58. The van der Waals surface area contributed by atoms with Gasteiger partial charge in [-0.3, -0.25) is 14.3 Å². The van der Waals surface area contributed by atoms with Crippen LogP contribution in [0.15, 0.2) is 0 Å².